The molecule has 17 heavy (non-hydrogen) atoms. The second kappa shape index (κ2) is 5.29. The van der Waals surface area contributed by atoms with Gasteiger partial charge in [0.25, 0.3) is 0 Å². The Morgan fingerprint density at radius 3 is 2.94 bits per heavy atom. The zero-order valence-corrected chi connectivity index (χ0v) is 10.5. The Morgan fingerprint density at radius 2 is 2.29 bits per heavy atom. The summed E-state index contributed by atoms with van der Waals surface area (Å²) in [7, 11) is 0. The van der Waals surface area contributed by atoms with Crippen LogP contribution in [0.5, 0.6) is 0 Å². The molecule has 0 saturated carbocycles. The maximum atomic E-state index is 10.6. The smallest absolute Gasteiger partial charge is 0.307 e. The number of hydrogen-bond acceptors (Lipinski definition) is 3. The van der Waals surface area contributed by atoms with E-state index in [0.29, 0.717) is 5.88 Å². The highest BCUT2D eigenvalue weighted by Gasteiger charge is 2.06. The fraction of sp³-hybridized carbons (Fsp3) is 0.167. The van der Waals surface area contributed by atoms with Gasteiger partial charge in [-0.05, 0) is 11.6 Å². The van der Waals surface area contributed by atoms with Gasteiger partial charge in [0, 0.05) is 10.9 Å². The van der Waals surface area contributed by atoms with Crippen molar-refractivity contribution in [1.29, 1.82) is 0 Å². The van der Waals surface area contributed by atoms with Crippen molar-refractivity contribution in [2.24, 2.45) is 0 Å². The summed E-state index contributed by atoms with van der Waals surface area (Å²) in [6.45, 7) is 0. The van der Waals surface area contributed by atoms with Crippen LogP contribution in [-0.4, -0.2) is 16.1 Å². The monoisotopic (exact) mass is 267 g/mol. The maximum absolute atomic E-state index is 10.6. The predicted octanol–water partition coefficient (Wildman–Crippen LogP) is 3.18. The van der Waals surface area contributed by atoms with E-state index >= 15 is 0 Å². The van der Waals surface area contributed by atoms with Crippen LogP contribution in [0.15, 0.2) is 29.6 Å². The quantitative estimate of drug-likeness (QED) is 0.866. The third-order valence-corrected chi connectivity index (χ3v) is 3.43. The SMILES string of the molecule is O=C(O)Cc1cccc(-c2nc(CCl)cs2)c1. The van der Waals surface area contributed by atoms with Crippen molar-refractivity contribution in [1.82, 2.24) is 4.98 Å². The number of aliphatic carboxylic acids is 1. The molecule has 88 valence electrons. The van der Waals surface area contributed by atoms with Crippen molar-refractivity contribution in [2.45, 2.75) is 12.3 Å². The van der Waals surface area contributed by atoms with Gasteiger partial charge in [0.1, 0.15) is 5.01 Å². The third kappa shape index (κ3) is 3.05. The minimum absolute atomic E-state index is 0.0293. The summed E-state index contributed by atoms with van der Waals surface area (Å²) in [4.78, 5) is 15.0. The molecule has 0 aliphatic rings. The Kier molecular flexibility index (Phi) is 3.76. The maximum Gasteiger partial charge on any atom is 0.307 e. The highest BCUT2D eigenvalue weighted by atomic mass is 35.5. The van der Waals surface area contributed by atoms with Gasteiger partial charge in [0.15, 0.2) is 0 Å². The molecule has 3 nitrogen and oxygen atoms in total. The van der Waals surface area contributed by atoms with E-state index in [1.807, 2.05) is 23.6 Å². The number of hydrogen-bond donors (Lipinski definition) is 1. The highest BCUT2D eigenvalue weighted by molar-refractivity contribution is 7.13. The first-order valence-corrected chi connectivity index (χ1v) is 6.42. The molecule has 0 radical (unpaired) electrons. The van der Waals surface area contributed by atoms with E-state index in [-0.39, 0.29) is 6.42 Å². The molecular formula is C12H10ClNO2S. The van der Waals surface area contributed by atoms with Gasteiger partial charge in [-0.2, -0.15) is 0 Å². The Bertz CT molecular complexity index is 539. The van der Waals surface area contributed by atoms with Crippen LogP contribution in [0.1, 0.15) is 11.3 Å². The van der Waals surface area contributed by atoms with E-state index in [9.17, 15) is 4.79 Å². The average Bonchev–Trinajstić information content (AvgIpc) is 2.77. The summed E-state index contributed by atoms with van der Waals surface area (Å²) in [5, 5.41) is 11.5. The second-order valence-electron chi connectivity index (χ2n) is 3.55. The minimum atomic E-state index is -0.831. The molecule has 0 fully saturated rings. The zero-order chi connectivity index (χ0) is 12.3. The van der Waals surface area contributed by atoms with E-state index in [4.69, 9.17) is 16.7 Å². The van der Waals surface area contributed by atoms with Crippen LogP contribution >= 0.6 is 22.9 Å². The van der Waals surface area contributed by atoms with E-state index in [1.165, 1.54) is 11.3 Å². The summed E-state index contributed by atoms with van der Waals surface area (Å²) in [6.07, 6.45) is 0.0293. The summed E-state index contributed by atoms with van der Waals surface area (Å²) < 4.78 is 0. The first-order chi connectivity index (χ1) is 8.19. The molecule has 1 heterocycles. The highest BCUT2D eigenvalue weighted by Crippen LogP contribution is 2.25. The standard InChI is InChI=1S/C12H10ClNO2S/c13-6-10-7-17-12(14-10)9-3-1-2-8(4-9)5-11(15)16/h1-4,7H,5-6H2,(H,15,16). The lowest BCUT2D eigenvalue weighted by Gasteiger charge is -2.00. The largest absolute Gasteiger partial charge is 0.481 e. The molecule has 0 aliphatic carbocycles. The number of aromatic nitrogens is 1. The van der Waals surface area contributed by atoms with Crippen molar-refractivity contribution in [2.75, 3.05) is 0 Å². The van der Waals surface area contributed by atoms with E-state index in [0.717, 1.165) is 21.8 Å². The number of rotatable bonds is 4. The molecular weight excluding hydrogens is 258 g/mol. The molecule has 0 unspecified atom stereocenters. The van der Waals surface area contributed by atoms with Crippen molar-refractivity contribution in [3.63, 3.8) is 0 Å². The molecule has 2 rings (SSSR count). The fourth-order valence-electron chi connectivity index (χ4n) is 1.49. The summed E-state index contributed by atoms with van der Waals surface area (Å²) in [6, 6.07) is 7.41. The number of thiazole rings is 1. The molecule has 2 aromatic rings. The lowest BCUT2D eigenvalue weighted by molar-refractivity contribution is -0.136. The van der Waals surface area contributed by atoms with Crippen LogP contribution < -0.4 is 0 Å². The molecule has 0 spiro atoms. The fourth-order valence-corrected chi connectivity index (χ4v) is 2.53. The van der Waals surface area contributed by atoms with Gasteiger partial charge in [-0.25, -0.2) is 4.98 Å². The van der Waals surface area contributed by atoms with Crippen LogP contribution in [-0.2, 0) is 17.1 Å². The zero-order valence-electron chi connectivity index (χ0n) is 8.89. The number of carboxylic acids is 1. The number of carbonyl (C=O) groups is 1. The first kappa shape index (κ1) is 12.1. The van der Waals surface area contributed by atoms with Crippen molar-refractivity contribution >= 4 is 28.9 Å². The predicted molar refractivity (Wildman–Crippen MR) is 68.4 cm³/mol. The Balaban J connectivity index is 2.29. The van der Waals surface area contributed by atoms with Gasteiger partial charge in [-0.3, -0.25) is 4.79 Å². The van der Waals surface area contributed by atoms with Gasteiger partial charge in [0.05, 0.1) is 18.0 Å². The average molecular weight is 268 g/mol. The Morgan fingerprint density at radius 1 is 1.47 bits per heavy atom. The van der Waals surface area contributed by atoms with Gasteiger partial charge in [-0.15, -0.1) is 22.9 Å². The number of halogens is 1. The number of carboxylic acid groups (broad SMARTS) is 1. The van der Waals surface area contributed by atoms with Crippen molar-refractivity contribution in [3.05, 3.63) is 40.9 Å². The van der Waals surface area contributed by atoms with Crippen molar-refractivity contribution < 1.29 is 9.90 Å². The molecule has 1 aromatic heterocycles. The first-order valence-electron chi connectivity index (χ1n) is 5.00. The summed E-state index contributed by atoms with van der Waals surface area (Å²) in [5.41, 5.74) is 2.55. The summed E-state index contributed by atoms with van der Waals surface area (Å²) in [5.74, 6) is -0.437. The molecule has 0 saturated heterocycles. The van der Waals surface area contributed by atoms with Crippen LogP contribution in [0, 0.1) is 0 Å². The van der Waals surface area contributed by atoms with E-state index in [1.54, 1.807) is 6.07 Å². The van der Waals surface area contributed by atoms with Crippen LogP contribution in [0.4, 0.5) is 0 Å². The molecule has 0 aliphatic heterocycles. The van der Waals surface area contributed by atoms with Crippen LogP contribution in [0.25, 0.3) is 10.6 Å². The number of nitrogens with zero attached hydrogens (tertiary/aromatic N) is 1. The number of benzene rings is 1. The summed E-state index contributed by atoms with van der Waals surface area (Å²) >= 11 is 7.21. The normalized spacial score (nSPS) is 10.4. The molecule has 1 N–H and O–H groups in total. The third-order valence-electron chi connectivity index (χ3n) is 2.22. The lowest BCUT2D eigenvalue weighted by atomic mass is 10.1. The second-order valence-corrected chi connectivity index (χ2v) is 4.67. The van der Waals surface area contributed by atoms with Gasteiger partial charge in [0.2, 0.25) is 0 Å². The molecule has 1 aromatic carbocycles. The molecule has 0 amide bonds. The van der Waals surface area contributed by atoms with Gasteiger partial charge >= 0.3 is 5.97 Å². The van der Waals surface area contributed by atoms with E-state index in [2.05, 4.69) is 4.98 Å². The Labute approximate surface area is 108 Å². The molecule has 5 heteroatoms. The molecule has 0 bridgehead atoms. The van der Waals surface area contributed by atoms with Crippen molar-refractivity contribution in [3.8, 4) is 10.6 Å². The Hall–Kier alpha value is -1.39. The molecule has 0 atom stereocenters. The lowest BCUT2D eigenvalue weighted by Crippen LogP contribution is -1.99. The van der Waals surface area contributed by atoms with Crippen LogP contribution in [0.3, 0.4) is 0 Å². The van der Waals surface area contributed by atoms with Crippen LogP contribution in [0.2, 0.25) is 0 Å². The topological polar surface area (TPSA) is 50.2 Å². The van der Waals surface area contributed by atoms with E-state index < -0.39 is 5.97 Å². The van der Waals surface area contributed by atoms with Gasteiger partial charge < -0.3 is 5.11 Å². The van der Waals surface area contributed by atoms with Gasteiger partial charge in [-0.1, -0.05) is 18.2 Å². The minimum Gasteiger partial charge on any atom is -0.481 e. The number of alkyl halides is 1.